The van der Waals surface area contributed by atoms with Gasteiger partial charge in [-0.2, -0.15) is 0 Å². The first-order valence-corrected chi connectivity index (χ1v) is 26.3. The van der Waals surface area contributed by atoms with Crippen LogP contribution in [0.4, 0.5) is 0 Å². The number of hydrogen-bond donors (Lipinski definition) is 21. The minimum atomic E-state index is -1.74. The number of aliphatic imine (C=N–C) groups is 3. The molecule has 33 nitrogen and oxygen atoms in total. The van der Waals surface area contributed by atoms with E-state index in [2.05, 4.69) is 57.5 Å². The molecule has 0 aliphatic heterocycles. The molecule has 8 amide bonds. The molecule has 0 fully saturated rings. The Bertz CT molecular complexity index is 1970. The molecule has 0 saturated heterocycles. The summed E-state index contributed by atoms with van der Waals surface area (Å²) < 4.78 is 0. The van der Waals surface area contributed by atoms with Gasteiger partial charge in [-0.25, -0.2) is 0 Å². The molecule has 33 heteroatoms. The van der Waals surface area contributed by atoms with Gasteiger partial charge in [0.25, 0.3) is 0 Å². The van der Waals surface area contributed by atoms with E-state index in [4.69, 9.17) is 57.3 Å². The number of guanidine groups is 3. The molecule has 0 spiro atoms. The van der Waals surface area contributed by atoms with Gasteiger partial charge in [-0.15, -0.1) is 0 Å². The minimum absolute atomic E-state index is 0.000974. The number of aldehydes is 1. The smallest absolute Gasteiger partial charge is 0.245 e. The Labute approximate surface area is 459 Å². The summed E-state index contributed by atoms with van der Waals surface area (Å²) in [6.07, 6.45) is 1.32. The minimum Gasteiger partial charge on any atom is -0.394 e. The van der Waals surface area contributed by atoms with Gasteiger partial charge in [-0.1, -0.05) is 0 Å². The maximum absolute atomic E-state index is 14.3. The van der Waals surface area contributed by atoms with E-state index in [1.807, 2.05) is 0 Å². The second-order valence-corrected chi connectivity index (χ2v) is 18.5. The van der Waals surface area contributed by atoms with Gasteiger partial charge in [0.05, 0.1) is 19.3 Å². The highest BCUT2D eigenvalue weighted by molar-refractivity contribution is 5.98. The number of carbonyl (C=O) groups is 9. The molecule has 0 unspecified atom stereocenters. The molecule has 452 valence electrons. The average molecular weight is 1130 g/mol. The summed E-state index contributed by atoms with van der Waals surface area (Å²) in [4.78, 5) is 134. The molecule has 79 heavy (non-hydrogen) atoms. The van der Waals surface area contributed by atoms with E-state index in [1.165, 1.54) is 6.92 Å². The van der Waals surface area contributed by atoms with Crippen molar-refractivity contribution in [1.82, 2.24) is 42.5 Å². The molecule has 0 radical (unpaired) electrons. The lowest BCUT2D eigenvalue weighted by atomic mass is 10.0. The normalized spacial score (nSPS) is 14.7. The van der Waals surface area contributed by atoms with Crippen LogP contribution in [0.25, 0.3) is 0 Å². The summed E-state index contributed by atoms with van der Waals surface area (Å²) in [5.74, 6) is -7.89. The fourth-order valence-electron chi connectivity index (χ4n) is 7.32. The van der Waals surface area contributed by atoms with E-state index in [-0.39, 0.29) is 121 Å². The van der Waals surface area contributed by atoms with Gasteiger partial charge >= 0.3 is 0 Å². The first-order chi connectivity index (χ1) is 37.5. The van der Waals surface area contributed by atoms with Gasteiger partial charge in [-0.3, -0.25) is 53.3 Å². The predicted molar refractivity (Wildman–Crippen MR) is 294 cm³/mol. The van der Waals surface area contributed by atoms with Crippen molar-refractivity contribution in [3.05, 3.63) is 0 Å². The third kappa shape index (κ3) is 31.8. The van der Waals surface area contributed by atoms with Crippen molar-refractivity contribution < 1.29 is 58.5 Å². The van der Waals surface area contributed by atoms with E-state index in [9.17, 15) is 58.5 Å². The number of aliphatic hydroxyl groups is 3. The van der Waals surface area contributed by atoms with Crippen molar-refractivity contribution in [2.45, 2.75) is 164 Å². The van der Waals surface area contributed by atoms with Crippen LogP contribution < -0.4 is 99.9 Å². The SMILES string of the molecule is C[C@@H](O)[C@@H](C=O)NC(=O)[C@H](CCCN=C(N)N)NC(=O)[C@H](CCCCN)NC(=O)[C@H](CCCN=C(N)N)NC(=O)[C@H](CCCCN)NC(=O)[C@H](CO)NC(=O)[C@H](CCCN=C(N)N)NC(=O)[C@H](CCCCN)NC(=O)[C@@H](N)CO. The summed E-state index contributed by atoms with van der Waals surface area (Å²) in [6.45, 7) is 0.312. The summed E-state index contributed by atoms with van der Waals surface area (Å²) in [5, 5.41) is 50.0. The largest absolute Gasteiger partial charge is 0.394 e. The molecule has 31 N–H and O–H groups in total. The van der Waals surface area contributed by atoms with Gasteiger partial charge in [-0.05, 0) is 123 Å². The summed E-state index contributed by atoms with van der Waals surface area (Å²) in [6, 6.07) is -12.6. The van der Waals surface area contributed by atoms with Crippen molar-refractivity contribution in [3.8, 4) is 0 Å². The Morgan fingerprint density at radius 3 is 0.899 bits per heavy atom. The highest BCUT2D eigenvalue weighted by Crippen LogP contribution is 2.11. The summed E-state index contributed by atoms with van der Waals surface area (Å²) >= 11 is 0. The highest BCUT2D eigenvalue weighted by Gasteiger charge is 2.35. The molecule has 0 saturated carbocycles. The van der Waals surface area contributed by atoms with Gasteiger partial charge < -0.3 is 120 Å². The Morgan fingerprint density at radius 2 is 0.658 bits per heavy atom. The summed E-state index contributed by atoms with van der Waals surface area (Å²) in [7, 11) is 0. The second kappa shape index (κ2) is 42.0. The molecular weight excluding hydrogens is 1040 g/mol. The Hall–Kier alpha value is -7.04. The Morgan fingerprint density at radius 1 is 0.405 bits per heavy atom. The monoisotopic (exact) mass is 1130 g/mol. The van der Waals surface area contributed by atoms with E-state index in [0.29, 0.717) is 38.4 Å². The van der Waals surface area contributed by atoms with E-state index < -0.39 is 121 Å². The van der Waals surface area contributed by atoms with Gasteiger partial charge in [0.1, 0.15) is 60.7 Å². The van der Waals surface area contributed by atoms with Crippen LogP contribution in [0.2, 0.25) is 0 Å². The molecule has 10 atom stereocenters. The number of aliphatic hydroxyl groups excluding tert-OH is 3. The number of amides is 8. The first kappa shape index (κ1) is 72.0. The van der Waals surface area contributed by atoms with Crippen molar-refractivity contribution >= 4 is 71.4 Å². The zero-order valence-electron chi connectivity index (χ0n) is 45.2. The molecule has 0 aromatic rings. The quantitative estimate of drug-likeness (QED) is 0.0117. The van der Waals surface area contributed by atoms with Crippen LogP contribution >= 0.6 is 0 Å². The van der Waals surface area contributed by atoms with Crippen LogP contribution in [0.15, 0.2) is 15.0 Å². The van der Waals surface area contributed by atoms with Crippen LogP contribution in [0.3, 0.4) is 0 Å². The number of carbonyl (C=O) groups excluding carboxylic acids is 9. The lowest BCUT2D eigenvalue weighted by Gasteiger charge is -2.28. The Kier molecular flexibility index (Phi) is 38.2. The topological polar surface area (TPSA) is 608 Å². The van der Waals surface area contributed by atoms with E-state index in [0.717, 1.165) is 0 Å². The van der Waals surface area contributed by atoms with Gasteiger partial charge in [0.15, 0.2) is 17.9 Å². The van der Waals surface area contributed by atoms with Crippen molar-refractivity contribution in [1.29, 1.82) is 0 Å². The lowest BCUT2D eigenvalue weighted by molar-refractivity contribution is -0.136. The molecule has 0 rings (SSSR count). The fourth-order valence-corrected chi connectivity index (χ4v) is 7.32. The molecule has 0 aliphatic carbocycles. The van der Waals surface area contributed by atoms with Crippen molar-refractivity contribution in [2.75, 3.05) is 52.5 Å². The van der Waals surface area contributed by atoms with Crippen LogP contribution in [0.5, 0.6) is 0 Å². The van der Waals surface area contributed by atoms with Crippen LogP contribution in [0.1, 0.15) is 103 Å². The number of rotatable bonds is 44. The van der Waals surface area contributed by atoms with Crippen molar-refractivity contribution in [2.24, 2.45) is 72.3 Å². The first-order valence-electron chi connectivity index (χ1n) is 26.3. The van der Waals surface area contributed by atoms with Crippen molar-refractivity contribution in [3.63, 3.8) is 0 Å². The fraction of sp³-hybridized carbons (Fsp3) is 0.739. The molecule has 0 bridgehead atoms. The van der Waals surface area contributed by atoms with Crippen LogP contribution in [-0.2, 0) is 43.2 Å². The number of nitrogens with one attached hydrogen (secondary N) is 8. The molecular formula is C46H91N21O12. The van der Waals surface area contributed by atoms with Crippen LogP contribution in [-0.4, -0.2) is 200 Å². The maximum atomic E-state index is 14.3. The third-order valence-electron chi connectivity index (χ3n) is 11.8. The predicted octanol–water partition coefficient (Wildman–Crippen LogP) is -9.70. The number of nitrogens with zero attached hydrogens (tertiary/aromatic N) is 3. The average Bonchev–Trinajstić information content (AvgIpc) is 3.39. The molecule has 0 aromatic carbocycles. The summed E-state index contributed by atoms with van der Waals surface area (Å²) in [5.41, 5.74) is 55.5. The standard InChI is InChI=1S/C46H91N21O12/c1-26(71)34(24-69)66-41(77)32(15-9-21-58-45(53)54)63-38(74)29(12-3-6-18-48)61-40(76)31(14-8-20-57-44(51)52)62-39(75)30(13-4-7-19-49)65-43(79)35(25-70)67-42(78)33(16-10-22-59-46(55)56)64-37(73)28(11-2-5-17-47)60-36(72)27(50)23-68/h24,26-35,68,70-71H,2-23,25,47-50H2,1H3,(H,60,72)(H,61,76)(H,62,75)(H,63,74)(H,64,73)(H,65,79)(H,66,77)(H,67,78)(H4,51,52,57)(H4,53,54,58)(H4,55,56,59)/t26-,27+,28+,29+,30+,31+,32+,33+,34-,35+/m1/s1. The van der Waals surface area contributed by atoms with E-state index >= 15 is 0 Å². The van der Waals surface area contributed by atoms with Gasteiger partial charge in [0.2, 0.25) is 47.3 Å². The molecule has 0 aliphatic rings. The Balaban J connectivity index is 6.94. The third-order valence-corrected chi connectivity index (χ3v) is 11.8. The number of hydrogen-bond acceptors (Lipinski definition) is 19. The zero-order valence-corrected chi connectivity index (χ0v) is 45.2. The molecule has 0 aromatic heterocycles. The van der Waals surface area contributed by atoms with E-state index in [1.54, 1.807) is 0 Å². The van der Waals surface area contributed by atoms with Gasteiger partial charge in [0, 0.05) is 19.6 Å². The highest BCUT2D eigenvalue weighted by atomic mass is 16.3. The van der Waals surface area contributed by atoms with Crippen LogP contribution in [0, 0.1) is 0 Å². The lowest BCUT2D eigenvalue weighted by Crippen LogP contribution is -2.61. The maximum Gasteiger partial charge on any atom is 0.245 e. The molecule has 0 heterocycles. The second-order valence-electron chi connectivity index (χ2n) is 18.5. The zero-order chi connectivity index (χ0) is 59.9. The number of unbranched alkanes of at least 4 members (excludes halogenated alkanes) is 3. The number of nitrogens with two attached hydrogens (primary N) is 10.